The van der Waals surface area contributed by atoms with E-state index in [0.29, 0.717) is 0 Å². The predicted molar refractivity (Wildman–Crippen MR) is 68.9 cm³/mol. The summed E-state index contributed by atoms with van der Waals surface area (Å²) < 4.78 is 0. The van der Waals surface area contributed by atoms with E-state index in [9.17, 15) is 0 Å². The van der Waals surface area contributed by atoms with E-state index >= 15 is 0 Å². The van der Waals surface area contributed by atoms with E-state index in [-0.39, 0.29) is 0 Å². The van der Waals surface area contributed by atoms with Gasteiger partial charge >= 0.3 is 0 Å². The molecule has 0 heterocycles. The quantitative estimate of drug-likeness (QED) is 0.590. The molecule has 0 N–H and O–H groups in total. The van der Waals surface area contributed by atoms with Crippen molar-refractivity contribution >= 4 is 0 Å². The standard InChI is InChI=1S/C15H30/c1-6-8-12(4)14(7-2)15-10-11(3)9-13(15)5/h11-15H,6-10H2,1-5H3. The van der Waals surface area contributed by atoms with Gasteiger partial charge < -0.3 is 0 Å². The van der Waals surface area contributed by atoms with E-state index in [1.165, 1.54) is 32.1 Å². The first kappa shape index (κ1) is 13.1. The molecular formula is C15H30. The average Bonchev–Trinajstić information content (AvgIpc) is 2.47. The zero-order valence-electron chi connectivity index (χ0n) is 11.4. The lowest BCUT2D eigenvalue weighted by molar-refractivity contribution is 0.185. The Bertz CT molecular complexity index is 173. The van der Waals surface area contributed by atoms with Gasteiger partial charge in [0.1, 0.15) is 0 Å². The van der Waals surface area contributed by atoms with Crippen molar-refractivity contribution in [3.63, 3.8) is 0 Å². The van der Waals surface area contributed by atoms with Crippen LogP contribution < -0.4 is 0 Å². The molecule has 1 aliphatic rings. The summed E-state index contributed by atoms with van der Waals surface area (Å²) in [5.41, 5.74) is 0. The van der Waals surface area contributed by atoms with Gasteiger partial charge in [0.2, 0.25) is 0 Å². The monoisotopic (exact) mass is 210 g/mol. The van der Waals surface area contributed by atoms with Crippen LogP contribution in [0.3, 0.4) is 0 Å². The highest BCUT2D eigenvalue weighted by Crippen LogP contribution is 2.44. The first-order valence-electron chi connectivity index (χ1n) is 7.10. The summed E-state index contributed by atoms with van der Waals surface area (Å²) in [7, 11) is 0. The Morgan fingerprint density at radius 1 is 1.13 bits per heavy atom. The third kappa shape index (κ3) is 3.23. The van der Waals surface area contributed by atoms with Crippen molar-refractivity contribution in [2.45, 2.75) is 66.7 Å². The van der Waals surface area contributed by atoms with Gasteiger partial charge in [-0.3, -0.25) is 0 Å². The number of rotatable bonds is 5. The normalized spacial score (nSPS) is 35.4. The lowest BCUT2D eigenvalue weighted by Crippen LogP contribution is -2.23. The first-order chi connectivity index (χ1) is 7.10. The zero-order chi connectivity index (χ0) is 11.4. The van der Waals surface area contributed by atoms with Crippen LogP contribution in [0.5, 0.6) is 0 Å². The van der Waals surface area contributed by atoms with Gasteiger partial charge in [-0.15, -0.1) is 0 Å². The molecule has 1 saturated carbocycles. The van der Waals surface area contributed by atoms with Crippen LogP contribution in [0, 0.1) is 29.6 Å². The van der Waals surface area contributed by atoms with Gasteiger partial charge in [-0.05, 0) is 42.4 Å². The van der Waals surface area contributed by atoms with E-state index in [4.69, 9.17) is 0 Å². The molecule has 0 nitrogen and oxygen atoms in total. The maximum Gasteiger partial charge on any atom is -0.0355 e. The van der Waals surface area contributed by atoms with E-state index < -0.39 is 0 Å². The fraction of sp³-hybridized carbons (Fsp3) is 1.00. The van der Waals surface area contributed by atoms with Crippen LogP contribution in [0.2, 0.25) is 0 Å². The molecule has 0 aromatic rings. The Balaban J connectivity index is 2.57. The summed E-state index contributed by atoms with van der Waals surface area (Å²) in [5.74, 6) is 4.91. The Kier molecular flexibility index (Phi) is 5.15. The van der Waals surface area contributed by atoms with Crippen LogP contribution in [-0.4, -0.2) is 0 Å². The van der Waals surface area contributed by atoms with Crippen molar-refractivity contribution in [3.8, 4) is 0 Å². The summed E-state index contributed by atoms with van der Waals surface area (Å²) in [5, 5.41) is 0. The van der Waals surface area contributed by atoms with Crippen LogP contribution in [0.15, 0.2) is 0 Å². The molecule has 5 atom stereocenters. The molecular weight excluding hydrogens is 180 g/mol. The summed E-state index contributed by atoms with van der Waals surface area (Å²) in [6.07, 6.45) is 7.14. The molecule has 1 fully saturated rings. The summed E-state index contributed by atoms with van der Waals surface area (Å²) in [6.45, 7) is 12.1. The van der Waals surface area contributed by atoms with E-state index in [1.807, 2.05) is 0 Å². The van der Waals surface area contributed by atoms with Crippen molar-refractivity contribution in [2.75, 3.05) is 0 Å². The third-order valence-electron chi connectivity index (χ3n) is 4.68. The van der Waals surface area contributed by atoms with Gasteiger partial charge in [0.05, 0.1) is 0 Å². The van der Waals surface area contributed by atoms with Gasteiger partial charge in [0, 0.05) is 0 Å². The van der Waals surface area contributed by atoms with Crippen LogP contribution in [-0.2, 0) is 0 Å². The van der Waals surface area contributed by atoms with Crippen LogP contribution in [0.4, 0.5) is 0 Å². The second kappa shape index (κ2) is 5.92. The Morgan fingerprint density at radius 2 is 1.80 bits per heavy atom. The molecule has 0 bridgehead atoms. The lowest BCUT2D eigenvalue weighted by Gasteiger charge is -2.31. The molecule has 0 aromatic heterocycles. The molecule has 0 amide bonds. The number of hydrogen-bond acceptors (Lipinski definition) is 0. The highest BCUT2D eigenvalue weighted by Gasteiger charge is 2.35. The highest BCUT2D eigenvalue weighted by atomic mass is 14.4. The van der Waals surface area contributed by atoms with Crippen molar-refractivity contribution in [2.24, 2.45) is 29.6 Å². The molecule has 1 rings (SSSR count). The summed E-state index contributed by atoms with van der Waals surface area (Å²) in [4.78, 5) is 0. The third-order valence-corrected chi connectivity index (χ3v) is 4.68. The van der Waals surface area contributed by atoms with Crippen LogP contribution >= 0.6 is 0 Å². The zero-order valence-corrected chi connectivity index (χ0v) is 11.4. The Hall–Kier alpha value is 0. The van der Waals surface area contributed by atoms with Crippen molar-refractivity contribution < 1.29 is 0 Å². The van der Waals surface area contributed by atoms with E-state index in [0.717, 1.165) is 29.6 Å². The fourth-order valence-corrected chi connectivity index (χ4v) is 4.00. The van der Waals surface area contributed by atoms with E-state index in [1.54, 1.807) is 0 Å². The average molecular weight is 210 g/mol. The maximum atomic E-state index is 2.48. The van der Waals surface area contributed by atoms with Crippen molar-refractivity contribution in [3.05, 3.63) is 0 Å². The maximum absolute atomic E-state index is 2.48. The molecule has 1 aliphatic carbocycles. The Morgan fingerprint density at radius 3 is 2.20 bits per heavy atom. The molecule has 0 heteroatoms. The minimum Gasteiger partial charge on any atom is -0.0654 e. The Labute approximate surface area is 96.8 Å². The first-order valence-corrected chi connectivity index (χ1v) is 7.10. The highest BCUT2D eigenvalue weighted by molar-refractivity contribution is 4.85. The molecule has 0 spiro atoms. The smallest absolute Gasteiger partial charge is 0.0355 e. The second-order valence-electron chi connectivity index (χ2n) is 6.06. The molecule has 15 heavy (non-hydrogen) atoms. The molecule has 90 valence electrons. The fourth-order valence-electron chi connectivity index (χ4n) is 4.00. The van der Waals surface area contributed by atoms with Gasteiger partial charge in [0.15, 0.2) is 0 Å². The molecule has 0 aromatic carbocycles. The van der Waals surface area contributed by atoms with Gasteiger partial charge in [-0.2, -0.15) is 0 Å². The van der Waals surface area contributed by atoms with Gasteiger partial charge in [-0.25, -0.2) is 0 Å². The minimum absolute atomic E-state index is 0.942. The SMILES string of the molecule is CCCC(C)C(CC)C1CC(C)CC1C. The number of hydrogen-bond donors (Lipinski definition) is 0. The summed E-state index contributed by atoms with van der Waals surface area (Å²) in [6, 6.07) is 0. The second-order valence-corrected chi connectivity index (χ2v) is 6.06. The minimum atomic E-state index is 0.942. The lowest BCUT2D eigenvalue weighted by atomic mass is 9.74. The van der Waals surface area contributed by atoms with E-state index in [2.05, 4.69) is 34.6 Å². The van der Waals surface area contributed by atoms with Crippen molar-refractivity contribution in [1.29, 1.82) is 0 Å². The van der Waals surface area contributed by atoms with Gasteiger partial charge in [0.25, 0.3) is 0 Å². The van der Waals surface area contributed by atoms with Crippen LogP contribution in [0.25, 0.3) is 0 Å². The topological polar surface area (TPSA) is 0 Å². The van der Waals surface area contributed by atoms with Crippen LogP contribution in [0.1, 0.15) is 66.7 Å². The molecule has 0 aliphatic heterocycles. The van der Waals surface area contributed by atoms with Crippen molar-refractivity contribution in [1.82, 2.24) is 0 Å². The molecule has 0 saturated heterocycles. The molecule has 0 radical (unpaired) electrons. The predicted octanol–water partition coefficient (Wildman–Crippen LogP) is 5.13. The van der Waals surface area contributed by atoms with Gasteiger partial charge in [-0.1, -0.05) is 53.9 Å². The summed E-state index contributed by atoms with van der Waals surface area (Å²) >= 11 is 0. The molecule has 5 unspecified atom stereocenters. The largest absolute Gasteiger partial charge is 0.0654 e.